The van der Waals surface area contributed by atoms with Crippen molar-refractivity contribution < 1.29 is 9.59 Å². The third-order valence-electron chi connectivity index (χ3n) is 4.54. The number of hydrogen-bond donors (Lipinski definition) is 0. The fraction of sp³-hybridized carbons (Fsp3) is 0.222. The highest BCUT2D eigenvalue weighted by Gasteiger charge is 2.43. The highest BCUT2D eigenvalue weighted by atomic mass is 16.1. The molecule has 0 aromatic heterocycles. The lowest BCUT2D eigenvalue weighted by Gasteiger charge is -2.35. The number of carbonyl (C=O) groups is 2. The molecule has 2 nitrogen and oxygen atoms in total. The molecule has 1 aromatic rings. The Kier molecular flexibility index (Phi) is 2.40. The fourth-order valence-corrected chi connectivity index (χ4v) is 3.55. The number of benzene rings is 1. The van der Waals surface area contributed by atoms with Crippen LogP contribution in [0.15, 0.2) is 59.7 Å². The van der Waals surface area contributed by atoms with Gasteiger partial charge in [-0.25, -0.2) is 0 Å². The molecule has 98 valence electrons. The first-order chi connectivity index (χ1) is 9.77. The monoisotopic (exact) mass is 262 g/mol. The summed E-state index contributed by atoms with van der Waals surface area (Å²) in [7, 11) is 0. The van der Waals surface area contributed by atoms with Gasteiger partial charge in [0.1, 0.15) is 0 Å². The predicted octanol–water partition coefficient (Wildman–Crippen LogP) is 3.51. The van der Waals surface area contributed by atoms with E-state index in [1.807, 2.05) is 24.3 Å². The van der Waals surface area contributed by atoms with Crippen molar-refractivity contribution in [3.63, 3.8) is 0 Å². The average Bonchev–Trinajstić information content (AvgIpc) is 2.51. The number of ketones is 2. The van der Waals surface area contributed by atoms with E-state index in [2.05, 4.69) is 12.2 Å². The molecule has 3 aliphatic carbocycles. The second-order valence-electron chi connectivity index (χ2n) is 5.57. The van der Waals surface area contributed by atoms with Gasteiger partial charge in [0.05, 0.1) is 11.8 Å². The van der Waals surface area contributed by atoms with Crippen molar-refractivity contribution in [3.8, 4) is 0 Å². The second kappa shape index (κ2) is 4.14. The number of hydrogen-bond acceptors (Lipinski definition) is 2. The number of Topliss-reactive ketones (excluding diaryl/α,β-unsaturated/α-hetero) is 2. The molecule has 2 atom stereocenters. The Labute approximate surface area is 117 Å². The zero-order valence-electron chi connectivity index (χ0n) is 11.0. The van der Waals surface area contributed by atoms with Gasteiger partial charge in [-0.1, -0.05) is 54.1 Å². The molecular weight excluding hydrogens is 248 g/mol. The van der Waals surface area contributed by atoms with Crippen LogP contribution in [0.1, 0.15) is 33.6 Å². The molecule has 0 heterocycles. The number of rotatable bonds is 0. The summed E-state index contributed by atoms with van der Waals surface area (Å²) in [5, 5.41) is 0. The molecule has 2 heteroatoms. The van der Waals surface area contributed by atoms with E-state index in [0.717, 1.165) is 18.4 Å². The molecule has 0 fully saturated rings. The Morgan fingerprint density at radius 2 is 1.60 bits per heavy atom. The third kappa shape index (κ3) is 1.45. The van der Waals surface area contributed by atoms with Gasteiger partial charge in [-0.3, -0.25) is 9.59 Å². The van der Waals surface area contributed by atoms with Crippen molar-refractivity contribution in [2.75, 3.05) is 0 Å². The van der Waals surface area contributed by atoms with Crippen LogP contribution in [0.3, 0.4) is 0 Å². The minimum Gasteiger partial charge on any atom is -0.293 e. The van der Waals surface area contributed by atoms with E-state index < -0.39 is 0 Å². The van der Waals surface area contributed by atoms with Crippen molar-refractivity contribution in [2.24, 2.45) is 11.8 Å². The zero-order valence-corrected chi connectivity index (χ0v) is 11.0. The Morgan fingerprint density at radius 1 is 0.900 bits per heavy atom. The van der Waals surface area contributed by atoms with Crippen LogP contribution < -0.4 is 0 Å². The highest BCUT2D eigenvalue weighted by molar-refractivity contribution is 6.17. The van der Waals surface area contributed by atoms with E-state index in [4.69, 9.17) is 0 Å². The third-order valence-corrected chi connectivity index (χ3v) is 4.54. The Hall–Kier alpha value is -2.22. The van der Waals surface area contributed by atoms with E-state index in [1.165, 1.54) is 5.57 Å². The van der Waals surface area contributed by atoms with E-state index in [9.17, 15) is 9.59 Å². The summed E-state index contributed by atoms with van der Waals surface area (Å²) < 4.78 is 0. The molecule has 1 aromatic carbocycles. The van der Waals surface area contributed by atoms with E-state index in [1.54, 1.807) is 12.1 Å². The molecule has 0 saturated heterocycles. The summed E-state index contributed by atoms with van der Waals surface area (Å²) in [6.07, 6.45) is 9.87. The number of carbonyl (C=O) groups excluding carboxylic acids is 2. The van der Waals surface area contributed by atoms with Crippen LogP contribution in [0.25, 0.3) is 0 Å². The molecule has 0 unspecified atom stereocenters. The minimum absolute atomic E-state index is 0.0857. The van der Waals surface area contributed by atoms with Gasteiger partial charge in [-0.05, 0) is 18.4 Å². The second-order valence-corrected chi connectivity index (χ2v) is 5.57. The minimum atomic E-state index is -0.303. The summed E-state index contributed by atoms with van der Waals surface area (Å²) in [6, 6.07) is 7.21. The molecule has 0 spiro atoms. The molecule has 0 saturated carbocycles. The van der Waals surface area contributed by atoms with Gasteiger partial charge in [0.15, 0.2) is 11.6 Å². The van der Waals surface area contributed by atoms with Crippen molar-refractivity contribution in [1.29, 1.82) is 0 Å². The first kappa shape index (κ1) is 11.6. The summed E-state index contributed by atoms with van der Waals surface area (Å²) in [5.74, 6) is -0.384. The molecule has 0 aliphatic heterocycles. The normalized spacial score (nSPS) is 27.2. The van der Waals surface area contributed by atoms with Crippen molar-refractivity contribution in [2.45, 2.75) is 12.8 Å². The molecular formula is C18H14O2. The maximum absolute atomic E-state index is 12.8. The van der Waals surface area contributed by atoms with Crippen LogP contribution in [0, 0.1) is 11.8 Å². The van der Waals surface area contributed by atoms with Crippen molar-refractivity contribution in [1.82, 2.24) is 0 Å². The van der Waals surface area contributed by atoms with E-state index in [-0.39, 0.29) is 23.4 Å². The molecule has 0 radical (unpaired) electrons. The Bertz CT molecular complexity index is 719. The Balaban J connectivity index is 1.89. The van der Waals surface area contributed by atoms with Crippen LogP contribution in [-0.4, -0.2) is 11.6 Å². The fourth-order valence-electron chi connectivity index (χ4n) is 3.55. The zero-order chi connectivity index (χ0) is 13.7. The summed E-state index contributed by atoms with van der Waals surface area (Å²) in [6.45, 7) is 0. The maximum atomic E-state index is 12.8. The molecule has 0 amide bonds. The van der Waals surface area contributed by atoms with Crippen molar-refractivity contribution >= 4 is 11.6 Å². The largest absolute Gasteiger partial charge is 0.293 e. The summed E-state index contributed by atoms with van der Waals surface area (Å²) >= 11 is 0. The molecule has 3 aliphatic rings. The smallest absolute Gasteiger partial charge is 0.171 e. The molecule has 0 N–H and O–H groups in total. The van der Waals surface area contributed by atoms with Gasteiger partial charge in [0, 0.05) is 11.1 Å². The van der Waals surface area contributed by atoms with E-state index in [0.29, 0.717) is 11.1 Å². The first-order valence-electron chi connectivity index (χ1n) is 7.00. The first-order valence-corrected chi connectivity index (χ1v) is 7.00. The molecule has 4 rings (SSSR count). The number of fused-ring (bicyclic) bond motifs is 3. The lowest BCUT2D eigenvalue weighted by Crippen LogP contribution is -2.38. The maximum Gasteiger partial charge on any atom is 0.171 e. The van der Waals surface area contributed by atoms with Crippen LogP contribution in [0.4, 0.5) is 0 Å². The summed E-state index contributed by atoms with van der Waals surface area (Å²) in [5.41, 5.74) is 3.54. The molecule has 0 bridgehead atoms. The van der Waals surface area contributed by atoms with Crippen molar-refractivity contribution in [3.05, 3.63) is 70.8 Å². The Morgan fingerprint density at radius 3 is 2.40 bits per heavy atom. The van der Waals surface area contributed by atoms with Gasteiger partial charge < -0.3 is 0 Å². The van der Waals surface area contributed by atoms with Crippen LogP contribution in [0.5, 0.6) is 0 Å². The lowest BCUT2D eigenvalue weighted by molar-refractivity contribution is 0.0791. The molecule has 20 heavy (non-hydrogen) atoms. The average molecular weight is 262 g/mol. The number of allylic oxidation sites excluding steroid dienone is 6. The quantitative estimate of drug-likeness (QED) is 0.670. The van der Waals surface area contributed by atoms with Gasteiger partial charge >= 0.3 is 0 Å². The standard InChI is InChI=1S/C18H14O2/c19-17-13-7-3-4-8-14(13)18(20)16-12-6-2-1-5-11(12)9-10-15(16)17/h1-4,7-10,15-16H,5-6H2/t15-,16+/m1/s1. The van der Waals surface area contributed by atoms with Gasteiger partial charge in [-0.2, -0.15) is 0 Å². The highest BCUT2D eigenvalue weighted by Crippen LogP contribution is 2.42. The van der Waals surface area contributed by atoms with Crippen LogP contribution in [0.2, 0.25) is 0 Å². The topological polar surface area (TPSA) is 34.1 Å². The lowest BCUT2D eigenvalue weighted by atomic mass is 9.66. The summed E-state index contributed by atoms with van der Waals surface area (Å²) in [4.78, 5) is 25.4. The van der Waals surface area contributed by atoms with Gasteiger partial charge in [0.2, 0.25) is 0 Å². The van der Waals surface area contributed by atoms with Gasteiger partial charge in [0.25, 0.3) is 0 Å². The van der Waals surface area contributed by atoms with Gasteiger partial charge in [-0.15, -0.1) is 0 Å². The SMILES string of the molecule is O=C1c2ccccc2C(=O)[C@@H]2C=CC3=C(CC=CC3)[C@H]12. The van der Waals surface area contributed by atoms with E-state index >= 15 is 0 Å². The predicted molar refractivity (Wildman–Crippen MR) is 76.6 cm³/mol. The van der Waals surface area contributed by atoms with Crippen LogP contribution >= 0.6 is 0 Å². The van der Waals surface area contributed by atoms with Crippen LogP contribution in [-0.2, 0) is 0 Å².